The van der Waals surface area contributed by atoms with E-state index in [4.69, 9.17) is 27.9 Å². The lowest BCUT2D eigenvalue weighted by molar-refractivity contribution is -0.144. The molecule has 10 nitrogen and oxygen atoms in total. The third-order valence-corrected chi connectivity index (χ3v) is 12.6. The second kappa shape index (κ2) is 13.3. The summed E-state index contributed by atoms with van der Waals surface area (Å²) in [7, 11) is 1.38. The smallest absolute Gasteiger partial charge is 0.417 e. The molecule has 282 valence electrons. The van der Waals surface area contributed by atoms with Gasteiger partial charge in [-0.05, 0) is 73.1 Å². The SMILES string of the molecule is COc1cc(C2C3=CCC4C(=O)N(C5CCCCC5)C(=O)C4C3CC3C(=O)N(Nc4ncc(C(F)(F)F)cc4Cl)C(=O)C32c2ccc(Cl)cc2)ccc1O. The van der Waals surface area contributed by atoms with Crippen molar-refractivity contribution in [1.29, 1.82) is 0 Å². The number of anilines is 1. The molecule has 2 aromatic carbocycles. The fourth-order valence-corrected chi connectivity index (χ4v) is 10.1. The number of carbonyl (C=O) groups excluding carboxylic acids is 4. The zero-order valence-electron chi connectivity index (χ0n) is 28.9. The number of fused-ring (bicyclic) bond motifs is 4. The molecule has 3 heterocycles. The normalized spacial score (nSPS) is 28.5. The Kier molecular flexibility index (Phi) is 8.95. The number of nitrogens with zero attached hydrogens (tertiary/aromatic N) is 3. The number of aromatic nitrogens is 1. The van der Waals surface area contributed by atoms with Gasteiger partial charge in [0.25, 0.3) is 11.8 Å². The van der Waals surface area contributed by atoms with Crippen LogP contribution in [0.15, 0.2) is 66.4 Å². The summed E-state index contributed by atoms with van der Waals surface area (Å²) in [4.78, 5) is 63.9. The van der Waals surface area contributed by atoms with E-state index in [-0.39, 0.29) is 48.0 Å². The molecular formula is C39H35Cl2F3N4O6. The summed E-state index contributed by atoms with van der Waals surface area (Å²) < 4.78 is 45.9. The number of imide groups is 2. The number of hydrogen-bond acceptors (Lipinski definition) is 8. The number of methoxy groups -OCH3 is 1. The number of nitrogens with one attached hydrogen (secondary N) is 1. The summed E-state index contributed by atoms with van der Waals surface area (Å²) in [5, 5.41) is 11.3. The molecule has 0 spiro atoms. The Morgan fingerprint density at radius 1 is 0.944 bits per heavy atom. The summed E-state index contributed by atoms with van der Waals surface area (Å²) in [5.74, 6) is -6.50. The maximum absolute atomic E-state index is 15.3. The first kappa shape index (κ1) is 36.4. The Bertz CT molecular complexity index is 2110. The molecule has 2 saturated carbocycles. The van der Waals surface area contributed by atoms with Gasteiger partial charge in [-0.2, -0.15) is 18.2 Å². The summed E-state index contributed by atoms with van der Waals surface area (Å²) in [6.45, 7) is 0. The van der Waals surface area contributed by atoms with Crippen molar-refractivity contribution in [3.63, 3.8) is 0 Å². The highest BCUT2D eigenvalue weighted by molar-refractivity contribution is 6.33. The Hall–Kier alpha value is -4.62. The lowest BCUT2D eigenvalue weighted by Gasteiger charge is -2.50. The number of halogens is 5. The molecule has 6 atom stereocenters. The van der Waals surface area contributed by atoms with Gasteiger partial charge in [0.15, 0.2) is 17.3 Å². The predicted octanol–water partition coefficient (Wildman–Crippen LogP) is 7.44. The van der Waals surface area contributed by atoms with E-state index >= 15 is 4.79 Å². The molecule has 3 aromatic rings. The van der Waals surface area contributed by atoms with Gasteiger partial charge in [0.2, 0.25) is 11.8 Å². The highest BCUT2D eigenvalue weighted by Gasteiger charge is 2.70. The maximum atomic E-state index is 15.3. The zero-order chi connectivity index (χ0) is 38.3. The molecule has 0 bridgehead atoms. The number of benzene rings is 2. The Morgan fingerprint density at radius 3 is 2.33 bits per heavy atom. The molecule has 2 N–H and O–H groups in total. The van der Waals surface area contributed by atoms with Crippen LogP contribution in [-0.4, -0.2) is 56.8 Å². The van der Waals surface area contributed by atoms with E-state index in [1.165, 1.54) is 18.1 Å². The van der Waals surface area contributed by atoms with Crippen molar-refractivity contribution in [2.24, 2.45) is 23.7 Å². The van der Waals surface area contributed by atoms with Crippen LogP contribution in [0.25, 0.3) is 0 Å². The summed E-state index contributed by atoms with van der Waals surface area (Å²) in [5.41, 5.74) is 1.41. The first-order chi connectivity index (χ1) is 25.8. The fraction of sp³-hybridized carbons (Fsp3) is 0.410. The number of aromatic hydroxyl groups is 1. The Labute approximate surface area is 318 Å². The van der Waals surface area contributed by atoms with Crippen molar-refractivity contribution in [3.05, 3.63) is 93.1 Å². The standard InChI is InChI=1S/C39H35Cl2F3N4O6/c1-54-30-15-19(7-14-29(30)49)32-24-12-13-25-31(36(52)47(34(25)50)23-5-3-2-4-6-23)26(24)17-27-35(51)48(37(53)38(27,32)20-8-10-22(40)11-9-20)46-33-28(41)16-21(18-45-33)39(42,43)44/h7-12,14-16,18,23,25-27,31-32,49H,2-6,13,17H2,1H3,(H,45,46). The number of ether oxygens (including phenoxy) is 1. The third-order valence-electron chi connectivity index (χ3n) is 12.1. The minimum Gasteiger partial charge on any atom is -0.504 e. The number of allylic oxidation sites excluding steroid dienone is 2. The number of phenols is 1. The van der Waals surface area contributed by atoms with E-state index in [2.05, 4.69) is 10.4 Å². The van der Waals surface area contributed by atoms with E-state index < -0.39 is 63.6 Å². The van der Waals surface area contributed by atoms with Crippen molar-refractivity contribution in [3.8, 4) is 11.5 Å². The highest BCUT2D eigenvalue weighted by Crippen LogP contribution is 2.64. The number of phenolic OH excluding ortho intramolecular Hbond substituents is 1. The molecule has 8 rings (SSSR count). The monoisotopic (exact) mass is 782 g/mol. The van der Waals surface area contributed by atoms with Crippen LogP contribution in [0.2, 0.25) is 10.0 Å². The maximum Gasteiger partial charge on any atom is 0.417 e. The minimum atomic E-state index is -4.74. The fourth-order valence-electron chi connectivity index (χ4n) is 9.76. The average Bonchev–Trinajstić information content (AvgIpc) is 3.53. The number of alkyl halides is 3. The number of pyridine rings is 1. The van der Waals surface area contributed by atoms with Gasteiger partial charge >= 0.3 is 6.18 Å². The molecule has 54 heavy (non-hydrogen) atoms. The molecule has 15 heteroatoms. The molecule has 3 aliphatic carbocycles. The van der Waals surface area contributed by atoms with E-state index in [0.29, 0.717) is 34.0 Å². The topological polar surface area (TPSA) is 129 Å². The van der Waals surface area contributed by atoms with Crippen LogP contribution in [0.4, 0.5) is 19.0 Å². The van der Waals surface area contributed by atoms with Gasteiger partial charge in [0, 0.05) is 23.2 Å². The third kappa shape index (κ3) is 5.48. The number of hydrogen-bond donors (Lipinski definition) is 2. The first-order valence-electron chi connectivity index (χ1n) is 17.8. The van der Waals surface area contributed by atoms with E-state index in [1.807, 2.05) is 6.08 Å². The molecule has 4 amide bonds. The molecule has 4 fully saturated rings. The second-order valence-corrected chi connectivity index (χ2v) is 15.5. The van der Waals surface area contributed by atoms with Gasteiger partial charge in [-0.15, -0.1) is 0 Å². The molecule has 1 aromatic heterocycles. The van der Waals surface area contributed by atoms with E-state index in [9.17, 15) is 32.7 Å². The van der Waals surface area contributed by atoms with Crippen molar-refractivity contribution in [1.82, 2.24) is 14.9 Å². The summed E-state index contributed by atoms with van der Waals surface area (Å²) in [6, 6.07) is 11.6. The average molecular weight is 784 g/mol. The highest BCUT2D eigenvalue weighted by atomic mass is 35.5. The van der Waals surface area contributed by atoms with Gasteiger partial charge in [0.05, 0.1) is 40.9 Å². The summed E-state index contributed by atoms with van der Waals surface area (Å²) in [6.07, 6.45) is 2.30. The lowest BCUT2D eigenvalue weighted by atomic mass is 9.49. The summed E-state index contributed by atoms with van der Waals surface area (Å²) >= 11 is 12.6. The zero-order valence-corrected chi connectivity index (χ0v) is 30.4. The van der Waals surface area contributed by atoms with Crippen LogP contribution in [0, 0.1) is 23.7 Å². The second-order valence-electron chi connectivity index (χ2n) is 14.7. The van der Waals surface area contributed by atoms with Gasteiger partial charge in [-0.3, -0.25) is 29.5 Å². The van der Waals surface area contributed by atoms with Gasteiger partial charge in [-0.1, -0.05) is 72.3 Å². The molecule has 2 saturated heterocycles. The molecule has 6 unspecified atom stereocenters. The quantitative estimate of drug-likeness (QED) is 0.195. The van der Waals surface area contributed by atoms with E-state index in [0.717, 1.165) is 37.1 Å². The predicted molar refractivity (Wildman–Crippen MR) is 190 cm³/mol. The molecular weight excluding hydrogens is 748 g/mol. The first-order valence-corrected chi connectivity index (χ1v) is 18.6. The lowest BCUT2D eigenvalue weighted by Crippen LogP contribution is -2.53. The number of hydrazine groups is 1. The largest absolute Gasteiger partial charge is 0.504 e. The molecule has 0 radical (unpaired) electrons. The van der Waals surface area contributed by atoms with Crippen LogP contribution < -0.4 is 10.2 Å². The molecule has 5 aliphatic rings. The van der Waals surface area contributed by atoms with Crippen molar-refractivity contribution in [2.45, 2.75) is 68.5 Å². The Balaban J connectivity index is 1.30. The van der Waals surface area contributed by atoms with E-state index in [1.54, 1.807) is 36.4 Å². The number of likely N-dealkylation sites (tertiary alicyclic amines) is 1. The van der Waals surface area contributed by atoms with Crippen molar-refractivity contribution >= 4 is 52.6 Å². The van der Waals surface area contributed by atoms with Crippen LogP contribution >= 0.6 is 23.2 Å². The minimum absolute atomic E-state index is 0.00972. The molecule has 2 aliphatic heterocycles. The van der Waals surface area contributed by atoms with Crippen molar-refractivity contribution in [2.75, 3.05) is 12.5 Å². The van der Waals surface area contributed by atoms with Gasteiger partial charge in [-0.25, -0.2) is 4.98 Å². The van der Waals surface area contributed by atoms with Crippen LogP contribution in [0.3, 0.4) is 0 Å². The van der Waals surface area contributed by atoms with Crippen LogP contribution in [-0.2, 0) is 30.8 Å². The van der Waals surface area contributed by atoms with Crippen molar-refractivity contribution < 1.29 is 42.2 Å². The van der Waals surface area contributed by atoms with Gasteiger partial charge in [0.1, 0.15) is 0 Å². The number of rotatable bonds is 6. The number of carbonyl (C=O) groups is 4. The van der Waals surface area contributed by atoms with Crippen LogP contribution in [0.1, 0.15) is 67.6 Å². The van der Waals surface area contributed by atoms with Crippen LogP contribution in [0.5, 0.6) is 11.5 Å². The Morgan fingerprint density at radius 2 is 1.67 bits per heavy atom. The number of amides is 4. The van der Waals surface area contributed by atoms with Gasteiger partial charge < -0.3 is 9.84 Å².